The maximum absolute atomic E-state index is 12.7. The second-order valence-electron chi connectivity index (χ2n) is 11.5. The van der Waals surface area contributed by atoms with E-state index < -0.39 is 74.2 Å². The zero-order chi connectivity index (χ0) is 45.3. The van der Waals surface area contributed by atoms with Crippen LogP contribution in [0.25, 0.3) is 10.8 Å². The first-order chi connectivity index (χ1) is 29.2. The van der Waals surface area contributed by atoms with E-state index in [1.54, 1.807) is 0 Å². The highest BCUT2D eigenvalue weighted by atomic mass is 35.5. The molecule has 7 N–H and O–H groups in total. The molecule has 1 aromatic heterocycles. The molecule has 0 saturated heterocycles. The summed E-state index contributed by atoms with van der Waals surface area (Å²) < 4.78 is 133. The number of benzene rings is 4. The molecule has 0 unspecified atom stereocenters. The first-order valence-corrected chi connectivity index (χ1v) is 24.0. The monoisotopic (exact) mass is 1000 g/mol. The van der Waals surface area contributed by atoms with Gasteiger partial charge in [0.05, 0.1) is 67.7 Å². The number of azo groups is 1. The van der Waals surface area contributed by atoms with Crippen molar-refractivity contribution in [3.05, 3.63) is 72.0 Å². The van der Waals surface area contributed by atoms with E-state index in [0.717, 1.165) is 24.3 Å². The lowest BCUT2D eigenvalue weighted by atomic mass is 10.1. The smallest absolute Gasteiger partial charge is 0.397 e. The van der Waals surface area contributed by atoms with Gasteiger partial charge in [-0.1, -0.05) is 10.1 Å². The normalized spacial score (nSPS) is 12.6. The minimum absolute atomic E-state index is 0.0699. The fraction of sp³-hybridized carbons (Fsp3) is 0.138. The van der Waals surface area contributed by atoms with Crippen molar-refractivity contribution in [1.29, 1.82) is 0 Å². The van der Waals surface area contributed by atoms with Crippen molar-refractivity contribution in [3.63, 3.8) is 0 Å². The van der Waals surface area contributed by atoms with Crippen molar-refractivity contribution in [1.82, 2.24) is 15.0 Å². The van der Waals surface area contributed by atoms with Crippen molar-refractivity contribution >= 4 is 122 Å². The number of hydrogen-bond donors (Lipinski definition) is 7. The number of phenols is 1. The summed E-state index contributed by atoms with van der Waals surface area (Å²) in [5.41, 5.74) is -0.359. The molecule has 0 bridgehead atoms. The summed E-state index contributed by atoms with van der Waals surface area (Å²) in [5.74, 6) is -2.58. The van der Waals surface area contributed by atoms with Crippen LogP contribution in [0.1, 0.15) is 0 Å². The molecule has 1 heterocycles. The third-order valence-corrected chi connectivity index (χ3v) is 13.3. The SMILES string of the molecule is O=S(=O)(O)OCCS(=O)(=O)c1ccc(Nc2nc(Cl)nc(Nc3cc(S(=O)(=O)O)cc4cc(SOOO)c(N=Nc5ccc(S(=O)(=O)CCOSOOO)cc5)c(O)c34)n2)cc1. The lowest BCUT2D eigenvalue weighted by Gasteiger charge is -2.15. The molecule has 62 heavy (non-hydrogen) atoms. The van der Waals surface area contributed by atoms with Crippen LogP contribution >= 0.6 is 36.0 Å². The number of rotatable bonds is 22. The molecular weight excluding hydrogens is 978 g/mol. The summed E-state index contributed by atoms with van der Waals surface area (Å²) >= 11 is 6.65. The van der Waals surface area contributed by atoms with Crippen molar-refractivity contribution in [3.8, 4) is 5.75 Å². The van der Waals surface area contributed by atoms with E-state index >= 15 is 0 Å². The van der Waals surface area contributed by atoms with Crippen LogP contribution in [-0.4, -0.2) is 98.1 Å². The molecule has 0 spiro atoms. The van der Waals surface area contributed by atoms with Crippen LogP contribution < -0.4 is 10.6 Å². The number of halogens is 1. The van der Waals surface area contributed by atoms with Crippen molar-refractivity contribution in [2.24, 2.45) is 10.2 Å². The van der Waals surface area contributed by atoms with Gasteiger partial charge in [-0.2, -0.15) is 36.9 Å². The van der Waals surface area contributed by atoms with Crippen molar-refractivity contribution in [2.45, 2.75) is 19.6 Å². The molecule has 0 saturated carbocycles. The van der Waals surface area contributed by atoms with Gasteiger partial charge in [0.15, 0.2) is 37.7 Å². The number of sulfone groups is 2. The summed E-state index contributed by atoms with van der Waals surface area (Å²) in [5, 5.41) is 48.4. The number of nitrogens with zero attached hydrogens (tertiary/aromatic N) is 5. The van der Waals surface area contributed by atoms with E-state index in [1.807, 2.05) is 0 Å². The van der Waals surface area contributed by atoms with Gasteiger partial charge in [-0.05, 0) is 83.7 Å². The topological polar surface area (TPSA) is 381 Å². The highest BCUT2D eigenvalue weighted by molar-refractivity contribution is 7.94. The Morgan fingerprint density at radius 2 is 1.31 bits per heavy atom. The molecule has 5 aromatic rings. The maximum Gasteiger partial charge on any atom is 0.397 e. The van der Waals surface area contributed by atoms with E-state index in [1.165, 1.54) is 42.5 Å². The largest absolute Gasteiger partial charge is 0.505 e. The molecule has 33 heteroatoms. The van der Waals surface area contributed by atoms with Crippen LogP contribution in [0.15, 0.2) is 96.5 Å². The predicted octanol–water partition coefficient (Wildman–Crippen LogP) is 5.33. The molecule has 0 aliphatic rings. The molecular formula is C29H26ClN7O19S6. The van der Waals surface area contributed by atoms with Crippen molar-refractivity contribution in [2.75, 3.05) is 35.4 Å². The summed E-state index contributed by atoms with van der Waals surface area (Å²) in [6, 6.07) is 13.0. The van der Waals surface area contributed by atoms with Gasteiger partial charge in [-0.15, -0.1) is 13.8 Å². The van der Waals surface area contributed by atoms with E-state index in [2.05, 4.69) is 58.7 Å². The van der Waals surface area contributed by atoms with Gasteiger partial charge in [0.2, 0.25) is 17.2 Å². The first-order valence-electron chi connectivity index (χ1n) is 16.1. The molecule has 0 aliphatic heterocycles. The fourth-order valence-corrected chi connectivity index (χ4v) is 9.00. The Kier molecular flexibility index (Phi) is 16.3. The number of anilines is 4. The number of fused-ring (bicyclic) bond motifs is 1. The van der Waals surface area contributed by atoms with Crippen LogP contribution in [0.3, 0.4) is 0 Å². The van der Waals surface area contributed by atoms with Gasteiger partial charge < -0.3 is 15.7 Å². The number of aromatic hydroxyl groups is 1. The lowest BCUT2D eigenvalue weighted by molar-refractivity contribution is -0.434. The summed E-state index contributed by atoms with van der Waals surface area (Å²) in [4.78, 5) is 10.9. The number of aromatic nitrogens is 3. The Morgan fingerprint density at radius 3 is 1.90 bits per heavy atom. The first kappa shape index (κ1) is 48.6. The Balaban J connectivity index is 1.47. The lowest BCUT2D eigenvalue weighted by Crippen LogP contribution is -2.15. The van der Waals surface area contributed by atoms with Crippen LogP contribution in [-0.2, 0) is 67.3 Å². The van der Waals surface area contributed by atoms with Gasteiger partial charge >= 0.3 is 10.4 Å². The number of phenolic OH excluding ortho intramolecular Hbond substituents is 1. The zero-order valence-corrected chi connectivity index (χ0v) is 35.8. The Labute approximate surface area is 363 Å². The average Bonchev–Trinajstić information content (AvgIpc) is 3.18. The molecule has 0 radical (unpaired) electrons. The van der Waals surface area contributed by atoms with E-state index in [-0.39, 0.29) is 79.0 Å². The molecule has 0 amide bonds. The van der Waals surface area contributed by atoms with Gasteiger partial charge in [-0.25, -0.2) is 31.5 Å². The number of nitrogens with one attached hydrogen (secondary N) is 2. The second-order valence-corrected chi connectivity index (χ2v) is 19.8. The molecule has 0 aliphatic carbocycles. The van der Waals surface area contributed by atoms with Gasteiger partial charge in [0.1, 0.15) is 5.69 Å². The summed E-state index contributed by atoms with van der Waals surface area (Å²) in [7, 11) is -17.7. The second kappa shape index (κ2) is 20.8. The maximum atomic E-state index is 12.7. The Morgan fingerprint density at radius 1 is 0.710 bits per heavy atom. The minimum atomic E-state index is -4.93. The van der Waals surface area contributed by atoms with Crippen LogP contribution in [0.5, 0.6) is 5.75 Å². The zero-order valence-electron chi connectivity index (χ0n) is 30.2. The molecule has 5 rings (SSSR count). The number of hydrogen-bond acceptors (Lipinski definition) is 26. The third kappa shape index (κ3) is 13.5. The van der Waals surface area contributed by atoms with Crippen LogP contribution in [0.2, 0.25) is 5.28 Å². The Hall–Kier alpha value is -4.46. The molecule has 4 aromatic carbocycles. The van der Waals surface area contributed by atoms with Gasteiger partial charge in [0.25, 0.3) is 10.1 Å². The summed E-state index contributed by atoms with van der Waals surface area (Å²) in [6.07, 6.45) is 0. The van der Waals surface area contributed by atoms with Crippen LogP contribution in [0, 0.1) is 0 Å². The predicted molar refractivity (Wildman–Crippen MR) is 214 cm³/mol. The highest BCUT2D eigenvalue weighted by Gasteiger charge is 2.23. The molecule has 334 valence electrons. The average molecular weight is 1000 g/mol. The minimum Gasteiger partial charge on any atom is -0.505 e. The van der Waals surface area contributed by atoms with E-state index in [4.69, 9.17) is 30.9 Å². The fourth-order valence-electron chi connectivity index (χ4n) is 4.90. The van der Waals surface area contributed by atoms with Gasteiger partial charge in [0, 0.05) is 11.1 Å². The molecule has 0 atom stereocenters. The molecule has 26 nitrogen and oxygen atoms in total. The van der Waals surface area contributed by atoms with Gasteiger partial charge in [-0.3, -0.25) is 13.3 Å². The van der Waals surface area contributed by atoms with E-state index in [0.29, 0.717) is 12.0 Å². The van der Waals surface area contributed by atoms with E-state index in [9.17, 15) is 43.3 Å². The Bertz CT molecular complexity index is 2900. The third-order valence-electron chi connectivity index (χ3n) is 7.49. The van der Waals surface area contributed by atoms with Crippen molar-refractivity contribution < 1.29 is 85.5 Å². The quantitative estimate of drug-likeness (QED) is 0.0115. The standard InChI is InChI=1S/C29H26ClN7O19S6/c30-27-33-28(31-17-1-5-19(6-2-17)60(43,44)12-10-52-62(48,49)50)35-29(34-27)32-22-15-21(61(45,46)47)13-16-14-23(57-55-53-39)25(26(38)24(16)22)37-36-18-3-7-20(8-4-18)59(41,42)11-9-51-58-56-54-40/h1-8,13-15,38-40H,9-12H2,(H,45,46,47)(H,48,49,50)(H2,31,32,33,34,35). The molecule has 0 fully saturated rings. The van der Waals surface area contributed by atoms with Crippen LogP contribution in [0.4, 0.5) is 34.6 Å². The summed E-state index contributed by atoms with van der Waals surface area (Å²) in [6.45, 7) is -1.18. The highest BCUT2D eigenvalue weighted by Crippen LogP contribution is 2.47.